The van der Waals surface area contributed by atoms with Gasteiger partial charge in [-0.2, -0.15) is 0 Å². The predicted molar refractivity (Wildman–Crippen MR) is 117 cm³/mol. The molecule has 30 heavy (non-hydrogen) atoms. The van der Waals surface area contributed by atoms with Crippen molar-refractivity contribution in [1.82, 2.24) is 19.8 Å². The van der Waals surface area contributed by atoms with Crippen LogP contribution in [-0.2, 0) is 6.42 Å². The lowest BCUT2D eigenvalue weighted by molar-refractivity contribution is 0.0773. The molecule has 1 aromatic carbocycles. The van der Waals surface area contributed by atoms with Crippen LogP contribution in [0.5, 0.6) is 0 Å². The molecule has 2 aromatic rings. The van der Waals surface area contributed by atoms with Gasteiger partial charge in [0.05, 0.1) is 6.20 Å². The van der Waals surface area contributed by atoms with E-state index in [0.29, 0.717) is 23.4 Å². The molecular weight excluding hydrogens is 372 g/mol. The Morgan fingerprint density at radius 1 is 1.10 bits per heavy atom. The normalized spacial score (nSPS) is 28.8. The molecule has 1 saturated carbocycles. The first-order valence-corrected chi connectivity index (χ1v) is 11.6. The molecule has 1 aliphatic carbocycles. The highest BCUT2D eigenvalue weighted by Gasteiger charge is 2.44. The first-order chi connectivity index (χ1) is 14.7. The molecule has 3 aliphatic rings. The fourth-order valence-corrected chi connectivity index (χ4v) is 5.95. The first-order valence-electron chi connectivity index (χ1n) is 11.6. The van der Waals surface area contributed by atoms with Crippen LogP contribution in [-0.4, -0.2) is 57.9 Å². The minimum absolute atomic E-state index is 0.0303. The Hall–Kier alpha value is -2.27. The Labute approximate surface area is 179 Å². The zero-order valence-electron chi connectivity index (χ0n) is 17.9. The monoisotopic (exact) mass is 404 g/mol. The van der Waals surface area contributed by atoms with Crippen LogP contribution in [0.2, 0.25) is 0 Å². The smallest absolute Gasteiger partial charge is 0.274 e. The molecule has 2 aliphatic heterocycles. The third kappa shape index (κ3) is 3.87. The van der Waals surface area contributed by atoms with Gasteiger partial charge in [0.15, 0.2) is 0 Å². The summed E-state index contributed by atoms with van der Waals surface area (Å²) in [5.74, 6) is 1.79. The predicted octanol–water partition coefficient (Wildman–Crippen LogP) is 3.77. The van der Waals surface area contributed by atoms with Crippen molar-refractivity contribution < 1.29 is 4.79 Å². The maximum Gasteiger partial charge on any atom is 0.274 e. The highest BCUT2D eigenvalue weighted by molar-refractivity contribution is 5.92. The number of nitrogens with zero attached hydrogens (tertiary/aromatic N) is 4. The van der Waals surface area contributed by atoms with E-state index in [1.54, 1.807) is 18.6 Å². The summed E-state index contributed by atoms with van der Waals surface area (Å²) < 4.78 is 0. The molecule has 0 N–H and O–H groups in total. The number of carbonyl (C=O) groups excluding carboxylic acids is 1. The summed E-state index contributed by atoms with van der Waals surface area (Å²) in [6, 6.07) is 10.1. The van der Waals surface area contributed by atoms with Gasteiger partial charge >= 0.3 is 0 Å². The average Bonchev–Trinajstić information content (AvgIpc) is 3.49. The molecule has 0 spiro atoms. The molecule has 0 bridgehead atoms. The molecule has 1 aromatic heterocycles. The molecule has 0 radical (unpaired) electrons. The second kappa shape index (κ2) is 8.46. The number of carbonyl (C=O) groups is 1. The van der Waals surface area contributed by atoms with Crippen LogP contribution in [0, 0.1) is 11.8 Å². The van der Waals surface area contributed by atoms with Gasteiger partial charge in [-0.15, -0.1) is 0 Å². The maximum absolute atomic E-state index is 12.8. The lowest BCUT2D eigenvalue weighted by Crippen LogP contribution is -2.30. The van der Waals surface area contributed by atoms with Crippen molar-refractivity contribution in [3.8, 4) is 0 Å². The molecule has 158 valence electrons. The van der Waals surface area contributed by atoms with Crippen molar-refractivity contribution in [2.45, 2.75) is 51.0 Å². The minimum atomic E-state index is 0.0303. The fraction of sp³-hybridized carbons (Fsp3) is 0.560. The number of benzene rings is 1. The molecule has 5 heteroatoms. The quantitative estimate of drug-likeness (QED) is 0.761. The maximum atomic E-state index is 12.8. The van der Waals surface area contributed by atoms with Crippen molar-refractivity contribution in [2.24, 2.45) is 11.8 Å². The summed E-state index contributed by atoms with van der Waals surface area (Å²) in [6.45, 7) is 6.50. The number of hydrogen-bond acceptors (Lipinski definition) is 4. The molecule has 1 amide bonds. The topological polar surface area (TPSA) is 49.3 Å². The molecule has 2 saturated heterocycles. The summed E-state index contributed by atoms with van der Waals surface area (Å²) in [7, 11) is 0. The molecule has 5 nitrogen and oxygen atoms in total. The van der Waals surface area contributed by atoms with Crippen molar-refractivity contribution in [1.29, 1.82) is 0 Å². The third-order valence-corrected chi connectivity index (χ3v) is 7.71. The summed E-state index contributed by atoms with van der Waals surface area (Å²) in [4.78, 5) is 25.7. The summed E-state index contributed by atoms with van der Waals surface area (Å²) in [6.07, 6.45) is 11.1. The van der Waals surface area contributed by atoms with Gasteiger partial charge < -0.3 is 9.80 Å². The van der Waals surface area contributed by atoms with Gasteiger partial charge in [0.1, 0.15) is 5.69 Å². The second-order valence-corrected chi connectivity index (χ2v) is 9.43. The van der Waals surface area contributed by atoms with Crippen molar-refractivity contribution in [3.05, 3.63) is 59.7 Å². The third-order valence-electron chi connectivity index (χ3n) is 7.71. The van der Waals surface area contributed by atoms with Crippen LogP contribution in [0.1, 0.15) is 60.1 Å². The van der Waals surface area contributed by atoms with E-state index in [0.717, 1.165) is 25.6 Å². The van der Waals surface area contributed by atoms with E-state index < -0.39 is 0 Å². The standard InChI is InChI=1S/C25H32N4O/c1-18-3-2-13-28(18)14-10-19-4-6-20(7-5-19)22-9-8-21-16-29(17-23(21)22)25(30)24-15-26-11-12-27-24/h4-7,11-12,15,18,21-23H,2-3,8-10,13-14,16-17H2,1H3. The lowest BCUT2D eigenvalue weighted by Gasteiger charge is -2.22. The van der Waals surface area contributed by atoms with Crippen molar-refractivity contribution in [3.63, 3.8) is 0 Å². The Kier molecular flexibility index (Phi) is 5.55. The summed E-state index contributed by atoms with van der Waals surface area (Å²) in [5.41, 5.74) is 3.36. The Balaban J connectivity index is 1.21. The van der Waals surface area contributed by atoms with Gasteiger partial charge in [0.2, 0.25) is 0 Å². The van der Waals surface area contributed by atoms with Crippen LogP contribution >= 0.6 is 0 Å². The fourth-order valence-electron chi connectivity index (χ4n) is 5.95. The molecule has 4 unspecified atom stereocenters. The van der Waals surface area contributed by atoms with Crippen molar-refractivity contribution in [2.75, 3.05) is 26.2 Å². The van der Waals surface area contributed by atoms with E-state index in [1.165, 1.54) is 49.9 Å². The van der Waals surface area contributed by atoms with Crippen LogP contribution in [0.4, 0.5) is 0 Å². The molecule has 3 heterocycles. The average molecular weight is 405 g/mol. The van der Waals surface area contributed by atoms with Crippen LogP contribution in [0.25, 0.3) is 0 Å². The van der Waals surface area contributed by atoms with Gasteiger partial charge in [0.25, 0.3) is 5.91 Å². The van der Waals surface area contributed by atoms with Gasteiger partial charge in [-0.3, -0.25) is 9.78 Å². The van der Waals surface area contributed by atoms with Crippen LogP contribution in [0.15, 0.2) is 42.9 Å². The highest BCUT2D eigenvalue weighted by Crippen LogP contribution is 2.47. The van der Waals surface area contributed by atoms with E-state index in [1.807, 2.05) is 4.90 Å². The number of fused-ring (bicyclic) bond motifs is 1. The van der Waals surface area contributed by atoms with Gasteiger partial charge in [-0.25, -0.2) is 4.98 Å². The Bertz CT molecular complexity index is 868. The summed E-state index contributed by atoms with van der Waals surface area (Å²) in [5, 5.41) is 0. The zero-order valence-corrected chi connectivity index (χ0v) is 17.9. The van der Waals surface area contributed by atoms with Gasteiger partial charge in [-0.1, -0.05) is 24.3 Å². The highest BCUT2D eigenvalue weighted by atomic mass is 16.2. The van der Waals surface area contributed by atoms with E-state index in [4.69, 9.17) is 0 Å². The van der Waals surface area contributed by atoms with Gasteiger partial charge in [0, 0.05) is 38.1 Å². The zero-order chi connectivity index (χ0) is 20.5. The second-order valence-electron chi connectivity index (χ2n) is 9.43. The molecule has 5 rings (SSSR count). The van der Waals surface area contributed by atoms with E-state index in [-0.39, 0.29) is 5.91 Å². The van der Waals surface area contributed by atoms with E-state index in [9.17, 15) is 4.79 Å². The molecular formula is C25H32N4O. The van der Waals surface area contributed by atoms with Crippen LogP contribution < -0.4 is 0 Å². The molecule has 3 fully saturated rings. The minimum Gasteiger partial charge on any atom is -0.337 e. The molecule has 4 atom stereocenters. The Morgan fingerprint density at radius 2 is 1.97 bits per heavy atom. The number of aromatic nitrogens is 2. The number of rotatable bonds is 5. The lowest BCUT2D eigenvalue weighted by atomic mass is 9.86. The van der Waals surface area contributed by atoms with E-state index >= 15 is 0 Å². The van der Waals surface area contributed by atoms with Crippen LogP contribution in [0.3, 0.4) is 0 Å². The summed E-state index contributed by atoms with van der Waals surface area (Å²) >= 11 is 0. The van der Waals surface area contributed by atoms with E-state index in [2.05, 4.69) is 46.1 Å². The number of hydrogen-bond donors (Lipinski definition) is 0. The SMILES string of the molecule is CC1CCCN1CCc1ccc(C2CCC3CN(C(=O)c4cnccn4)CC32)cc1. The number of likely N-dealkylation sites (tertiary alicyclic amines) is 2. The van der Waals surface area contributed by atoms with Crippen molar-refractivity contribution >= 4 is 5.91 Å². The van der Waals surface area contributed by atoms with Gasteiger partial charge in [-0.05, 0) is 74.5 Å². The largest absolute Gasteiger partial charge is 0.337 e. The first kappa shape index (κ1) is 19.7. The Morgan fingerprint density at radius 3 is 2.70 bits per heavy atom. The number of amides is 1.